The fourth-order valence-corrected chi connectivity index (χ4v) is 2.87. The van der Waals surface area contributed by atoms with Crippen molar-refractivity contribution in [3.05, 3.63) is 0 Å². The van der Waals surface area contributed by atoms with Crippen LogP contribution in [-0.2, 0) is 19.7 Å². The smallest absolute Gasteiger partial charge is 0.421 e. The maximum absolute atomic E-state index is 11.7. The topological polar surface area (TPSA) is 84.9 Å². The number of hydrogen-bond donors (Lipinski definition) is 1. The highest BCUT2D eigenvalue weighted by atomic mass is 35.5. The molecule has 0 aromatic heterocycles. The van der Waals surface area contributed by atoms with Gasteiger partial charge in [-0.1, -0.05) is 0 Å². The van der Waals surface area contributed by atoms with Crippen LogP contribution < -0.4 is 4.72 Å². The molecule has 0 bridgehead atoms. The molecule has 1 N–H and O–H groups in total. The molecule has 0 aromatic rings. The predicted octanol–water partition coefficient (Wildman–Crippen LogP) is -0.473. The Balaban J connectivity index is 2.76. The Kier molecular flexibility index (Phi) is 4.78. The van der Waals surface area contributed by atoms with Crippen molar-refractivity contribution >= 4 is 27.9 Å². The molecule has 16 heavy (non-hydrogen) atoms. The predicted molar refractivity (Wildman–Crippen MR) is 56.5 cm³/mol. The van der Waals surface area contributed by atoms with E-state index in [-0.39, 0.29) is 25.6 Å². The SMILES string of the molecule is COC(=O)NS(=O)(=O)N1CCOCC1CCl. The van der Waals surface area contributed by atoms with E-state index in [1.165, 1.54) is 0 Å². The van der Waals surface area contributed by atoms with Gasteiger partial charge in [-0.25, -0.2) is 9.52 Å². The number of carbonyl (C=O) groups excluding carboxylic acids is 1. The van der Waals surface area contributed by atoms with Gasteiger partial charge in [-0.05, 0) is 0 Å². The van der Waals surface area contributed by atoms with Crippen LogP contribution in [-0.4, -0.2) is 57.6 Å². The zero-order valence-electron chi connectivity index (χ0n) is 8.68. The molecular formula is C7H13ClN2O5S. The molecule has 0 aromatic carbocycles. The van der Waals surface area contributed by atoms with Crippen molar-refractivity contribution in [3.63, 3.8) is 0 Å². The largest absolute Gasteiger partial charge is 0.452 e. The molecule has 0 aliphatic carbocycles. The number of halogens is 1. The highest BCUT2D eigenvalue weighted by molar-refractivity contribution is 7.87. The van der Waals surface area contributed by atoms with Gasteiger partial charge in [0.2, 0.25) is 0 Å². The van der Waals surface area contributed by atoms with Gasteiger partial charge in [-0.3, -0.25) is 0 Å². The maximum atomic E-state index is 11.7. The Hall–Kier alpha value is -0.570. The molecule has 1 rings (SSSR count). The molecule has 94 valence electrons. The van der Waals surface area contributed by atoms with Crippen LogP contribution in [0.2, 0.25) is 0 Å². The van der Waals surface area contributed by atoms with E-state index in [9.17, 15) is 13.2 Å². The number of nitrogens with zero attached hydrogens (tertiary/aromatic N) is 1. The lowest BCUT2D eigenvalue weighted by molar-refractivity contribution is 0.0398. The minimum atomic E-state index is -3.91. The van der Waals surface area contributed by atoms with Crippen LogP contribution in [0.25, 0.3) is 0 Å². The van der Waals surface area contributed by atoms with Crippen molar-refractivity contribution in [2.24, 2.45) is 0 Å². The highest BCUT2D eigenvalue weighted by Crippen LogP contribution is 2.12. The molecule has 1 heterocycles. The number of amides is 1. The van der Waals surface area contributed by atoms with E-state index in [4.69, 9.17) is 16.3 Å². The first kappa shape index (κ1) is 13.5. The van der Waals surface area contributed by atoms with Crippen LogP contribution in [0.1, 0.15) is 0 Å². The third-order valence-corrected chi connectivity index (χ3v) is 3.94. The number of morpholine rings is 1. The van der Waals surface area contributed by atoms with E-state index in [1.807, 2.05) is 0 Å². The monoisotopic (exact) mass is 272 g/mol. The first-order chi connectivity index (χ1) is 7.51. The Morgan fingerprint density at radius 2 is 2.38 bits per heavy atom. The fourth-order valence-electron chi connectivity index (χ4n) is 1.28. The quantitative estimate of drug-likeness (QED) is 0.702. The van der Waals surface area contributed by atoms with E-state index in [0.29, 0.717) is 0 Å². The molecule has 1 saturated heterocycles. The molecule has 1 aliphatic heterocycles. The third kappa shape index (κ3) is 3.21. The zero-order valence-corrected chi connectivity index (χ0v) is 10.3. The van der Waals surface area contributed by atoms with E-state index in [0.717, 1.165) is 11.4 Å². The molecule has 0 spiro atoms. The van der Waals surface area contributed by atoms with Gasteiger partial charge in [0.05, 0.1) is 26.4 Å². The van der Waals surface area contributed by atoms with Crippen LogP contribution in [0.4, 0.5) is 4.79 Å². The van der Waals surface area contributed by atoms with Crippen LogP contribution in [0, 0.1) is 0 Å². The number of carbonyl (C=O) groups is 1. The van der Waals surface area contributed by atoms with Crippen molar-refractivity contribution in [2.75, 3.05) is 32.7 Å². The number of hydrogen-bond acceptors (Lipinski definition) is 5. The molecule has 7 nitrogen and oxygen atoms in total. The second-order valence-electron chi connectivity index (χ2n) is 3.09. The summed E-state index contributed by atoms with van der Waals surface area (Å²) in [7, 11) is -2.83. The van der Waals surface area contributed by atoms with E-state index in [1.54, 1.807) is 4.72 Å². The molecule has 1 amide bonds. The van der Waals surface area contributed by atoms with Crippen LogP contribution in [0.5, 0.6) is 0 Å². The average molecular weight is 273 g/mol. The lowest BCUT2D eigenvalue weighted by Gasteiger charge is -2.32. The van der Waals surface area contributed by atoms with E-state index >= 15 is 0 Å². The van der Waals surface area contributed by atoms with Gasteiger partial charge in [-0.15, -0.1) is 11.6 Å². The summed E-state index contributed by atoms with van der Waals surface area (Å²) >= 11 is 5.62. The summed E-state index contributed by atoms with van der Waals surface area (Å²) in [6.45, 7) is 0.644. The van der Waals surface area contributed by atoms with Gasteiger partial charge in [0, 0.05) is 12.4 Å². The summed E-state index contributed by atoms with van der Waals surface area (Å²) in [5.41, 5.74) is 0. The molecule has 1 fully saturated rings. The summed E-state index contributed by atoms with van der Waals surface area (Å²) in [6.07, 6.45) is -1.03. The van der Waals surface area contributed by atoms with Gasteiger partial charge in [0.25, 0.3) is 0 Å². The standard InChI is InChI=1S/C7H13ClN2O5S/c1-14-7(11)9-16(12,13)10-2-3-15-5-6(10)4-8/h6H,2-5H2,1H3,(H,9,11). The normalized spacial score (nSPS) is 22.8. The molecule has 1 atom stereocenters. The third-order valence-electron chi connectivity index (χ3n) is 2.06. The van der Waals surface area contributed by atoms with Crippen LogP contribution in [0.3, 0.4) is 0 Å². The first-order valence-corrected chi connectivity index (χ1v) is 6.50. The van der Waals surface area contributed by atoms with Crippen molar-refractivity contribution in [1.82, 2.24) is 9.03 Å². The summed E-state index contributed by atoms with van der Waals surface area (Å²) in [5.74, 6) is 0.0993. The second kappa shape index (κ2) is 5.67. The molecular weight excluding hydrogens is 260 g/mol. The van der Waals surface area contributed by atoms with E-state index in [2.05, 4.69) is 4.74 Å². The molecule has 1 unspecified atom stereocenters. The van der Waals surface area contributed by atoms with Crippen molar-refractivity contribution in [3.8, 4) is 0 Å². The Labute approximate surface area is 98.8 Å². The van der Waals surface area contributed by atoms with Crippen LogP contribution >= 0.6 is 11.6 Å². The summed E-state index contributed by atoms with van der Waals surface area (Å²) in [4.78, 5) is 10.9. The maximum Gasteiger partial charge on any atom is 0.421 e. The van der Waals surface area contributed by atoms with Crippen molar-refractivity contribution in [1.29, 1.82) is 0 Å². The second-order valence-corrected chi connectivity index (χ2v) is 5.02. The van der Waals surface area contributed by atoms with Crippen molar-refractivity contribution < 1.29 is 22.7 Å². The average Bonchev–Trinajstić information content (AvgIpc) is 2.28. The van der Waals surface area contributed by atoms with Gasteiger partial charge in [-0.2, -0.15) is 12.7 Å². The lowest BCUT2D eigenvalue weighted by Crippen LogP contribution is -2.54. The minimum absolute atomic E-state index is 0.0993. The molecule has 0 radical (unpaired) electrons. The molecule has 9 heteroatoms. The summed E-state index contributed by atoms with van der Waals surface area (Å²) < 4.78 is 35.6. The number of rotatable bonds is 3. The number of methoxy groups -OCH3 is 1. The van der Waals surface area contributed by atoms with Gasteiger partial charge in [0.1, 0.15) is 0 Å². The van der Waals surface area contributed by atoms with Crippen LogP contribution in [0.15, 0.2) is 0 Å². The lowest BCUT2D eigenvalue weighted by atomic mass is 10.3. The summed E-state index contributed by atoms with van der Waals surface area (Å²) in [5, 5.41) is 0. The van der Waals surface area contributed by atoms with E-state index < -0.39 is 22.3 Å². The Bertz CT molecular complexity index is 347. The van der Waals surface area contributed by atoms with Crippen molar-refractivity contribution in [2.45, 2.75) is 6.04 Å². The summed E-state index contributed by atoms with van der Waals surface area (Å²) in [6, 6.07) is -0.474. The fraction of sp³-hybridized carbons (Fsp3) is 0.857. The molecule has 0 saturated carbocycles. The number of ether oxygens (including phenoxy) is 2. The Morgan fingerprint density at radius 1 is 1.69 bits per heavy atom. The first-order valence-electron chi connectivity index (χ1n) is 4.52. The van der Waals surface area contributed by atoms with Gasteiger partial charge in [0.15, 0.2) is 0 Å². The molecule has 1 aliphatic rings. The van der Waals surface area contributed by atoms with Gasteiger partial charge < -0.3 is 9.47 Å². The van der Waals surface area contributed by atoms with Gasteiger partial charge >= 0.3 is 16.3 Å². The number of alkyl halides is 1. The number of nitrogens with one attached hydrogen (secondary N) is 1. The minimum Gasteiger partial charge on any atom is -0.452 e. The zero-order chi connectivity index (χ0) is 12.2. The highest BCUT2D eigenvalue weighted by Gasteiger charge is 2.33. The Morgan fingerprint density at radius 3 is 2.94 bits per heavy atom.